The molecule has 0 spiro atoms. The molecule has 0 bridgehead atoms. The van der Waals surface area contributed by atoms with Crippen molar-refractivity contribution in [1.82, 2.24) is 0 Å². The van der Waals surface area contributed by atoms with E-state index in [1.165, 1.54) is 0 Å². The summed E-state index contributed by atoms with van der Waals surface area (Å²) >= 11 is 0. The molecule has 1 aliphatic heterocycles. The lowest BCUT2D eigenvalue weighted by Crippen LogP contribution is -2.05. The Bertz CT molecular complexity index is 776. The summed E-state index contributed by atoms with van der Waals surface area (Å²) in [5.74, 6) is -0.120. The molecule has 0 radical (unpaired) electrons. The third-order valence-corrected chi connectivity index (χ3v) is 3.80. The van der Waals surface area contributed by atoms with E-state index < -0.39 is 0 Å². The number of anilines is 2. The summed E-state index contributed by atoms with van der Waals surface area (Å²) in [4.78, 5) is 12.1. The highest BCUT2D eigenvalue weighted by Crippen LogP contribution is 2.32. The molecule has 0 aromatic heterocycles. The van der Waals surface area contributed by atoms with Crippen LogP contribution in [0.4, 0.5) is 11.4 Å². The highest BCUT2D eigenvalue weighted by Gasteiger charge is 2.23. The molecule has 0 fully saturated rings. The van der Waals surface area contributed by atoms with Crippen molar-refractivity contribution in [1.29, 1.82) is 0 Å². The number of benzene rings is 2. The molecule has 0 unspecified atom stereocenters. The lowest BCUT2D eigenvalue weighted by Gasteiger charge is -2.04. The van der Waals surface area contributed by atoms with Crippen LogP contribution in [0.15, 0.2) is 55.2 Å². The average molecular weight is 306 g/mol. The number of hydrogen-bond acceptors (Lipinski definition) is 3. The molecule has 2 aromatic rings. The summed E-state index contributed by atoms with van der Waals surface area (Å²) in [6, 6.07) is 13.5. The molecule has 4 nitrogen and oxygen atoms in total. The third kappa shape index (κ3) is 3.17. The number of carbonyl (C=O) groups excluding carboxylic acids is 1. The zero-order valence-corrected chi connectivity index (χ0v) is 12.7. The van der Waals surface area contributed by atoms with Gasteiger partial charge in [-0.05, 0) is 35.7 Å². The molecular formula is C19H18N2O2. The van der Waals surface area contributed by atoms with Crippen LogP contribution >= 0.6 is 0 Å². The first-order chi connectivity index (χ1) is 11.2. The SMILES string of the molecule is C=Cc1ccc2c(c1)NC(=O)C2=CNc1ccc(CCO)cc1. The van der Waals surface area contributed by atoms with Crippen LogP contribution in [0.25, 0.3) is 11.6 Å². The van der Waals surface area contributed by atoms with Gasteiger partial charge in [-0.25, -0.2) is 0 Å². The Morgan fingerprint density at radius 3 is 2.65 bits per heavy atom. The van der Waals surface area contributed by atoms with Crippen molar-refractivity contribution in [2.75, 3.05) is 17.2 Å². The van der Waals surface area contributed by atoms with Gasteiger partial charge in [0.15, 0.2) is 0 Å². The summed E-state index contributed by atoms with van der Waals surface area (Å²) in [6.45, 7) is 3.87. The van der Waals surface area contributed by atoms with Crippen LogP contribution in [0.3, 0.4) is 0 Å². The van der Waals surface area contributed by atoms with E-state index in [4.69, 9.17) is 5.11 Å². The molecule has 0 atom stereocenters. The Balaban J connectivity index is 1.80. The van der Waals surface area contributed by atoms with E-state index in [0.29, 0.717) is 12.0 Å². The first-order valence-electron chi connectivity index (χ1n) is 7.46. The van der Waals surface area contributed by atoms with Crippen LogP contribution in [-0.4, -0.2) is 17.6 Å². The van der Waals surface area contributed by atoms with Crippen LogP contribution in [-0.2, 0) is 11.2 Å². The second-order valence-electron chi connectivity index (χ2n) is 5.34. The van der Waals surface area contributed by atoms with Crippen molar-refractivity contribution >= 4 is 28.9 Å². The third-order valence-electron chi connectivity index (χ3n) is 3.80. The zero-order valence-electron chi connectivity index (χ0n) is 12.7. The standard InChI is InChI=1S/C19H18N2O2/c1-2-13-5-8-16-17(19(23)21-18(16)11-13)12-20-15-6-3-14(4-7-15)9-10-22/h2-8,11-12,20,22H,1,9-10H2,(H,21,23). The zero-order chi connectivity index (χ0) is 16.2. The number of hydrogen-bond donors (Lipinski definition) is 3. The molecule has 0 aliphatic carbocycles. The highest BCUT2D eigenvalue weighted by atomic mass is 16.2. The highest BCUT2D eigenvalue weighted by molar-refractivity contribution is 6.31. The van der Waals surface area contributed by atoms with Crippen molar-refractivity contribution in [2.24, 2.45) is 0 Å². The second kappa shape index (κ2) is 6.50. The first-order valence-corrected chi connectivity index (χ1v) is 7.46. The minimum absolute atomic E-state index is 0.120. The molecule has 3 N–H and O–H groups in total. The van der Waals surface area contributed by atoms with Crippen LogP contribution in [0.2, 0.25) is 0 Å². The van der Waals surface area contributed by atoms with E-state index in [1.807, 2.05) is 42.5 Å². The summed E-state index contributed by atoms with van der Waals surface area (Å²) in [5.41, 5.74) is 5.23. The van der Waals surface area contributed by atoms with Gasteiger partial charge < -0.3 is 15.7 Å². The monoisotopic (exact) mass is 306 g/mol. The summed E-state index contributed by atoms with van der Waals surface area (Å²) < 4.78 is 0. The van der Waals surface area contributed by atoms with Gasteiger partial charge in [0.25, 0.3) is 5.91 Å². The van der Waals surface area contributed by atoms with Crippen LogP contribution in [0.1, 0.15) is 16.7 Å². The van der Waals surface area contributed by atoms with Gasteiger partial charge in [-0.3, -0.25) is 4.79 Å². The largest absolute Gasteiger partial charge is 0.396 e. The van der Waals surface area contributed by atoms with Gasteiger partial charge in [0.2, 0.25) is 0 Å². The molecule has 3 rings (SSSR count). The maximum atomic E-state index is 12.1. The maximum Gasteiger partial charge on any atom is 0.257 e. The Hall–Kier alpha value is -2.85. The van der Waals surface area contributed by atoms with Gasteiger partial charge in [0.05, 0.1) is 5.57 Å². The molecule has 1 heterocycles. The topological polar surface area (TPSA) is 61.4 Å². The van der Waals surface area contributed by atoms with Crippen molar-refractivity contribution in [2.45, 2.75) is 6.42 Å². The van der Waals surface area contributed by atoms with E-state index in [2.05, 4.69) is 17.2 Å². The lowest BCUT2D eigenvalue weighted by atomic mass is 10.1. The molecule has 0 saturated heterocycles. The Morgan fingerprint density at radius 1 is 1.17 bits per heavy atom. The molecule has 2 aromatic carbocycles. The Kier molecular flexibility index (Phi) is 4.26. The van der Waals surface area contributed by atoms with Crippen LogP contribution in [0, 0.1) is 0 Å². The summed E-state index contributed by atoms with van der Waals surface area (Å²) in [7, 11) is 0. The van der Waals surface area contributed by atoms with Gasteiger partial charge >= 0.3 is 0 Å². The van der Waals surface area contributed by atoms with Gasteiger partial charge in [0.1, 0.15) is 0 Å². The Morgan fingerprint density at radius 2 is 1.96 bits per heavy atom. The van der Waals surface area contributed by atoms with Gasteiger partial charge in [0, 0.05) is 29.7 Å². The predicted octanol–water partition coefficient (Wildman–Crippen LogP) is 3.27. The number of carbonyl (C=O) groups is 1. The van der Waals surface area contributed by atoms with E-state index >= 15 is 0 Å². The van der Waals surface area contributed by atoms with Crippen LogP contribution < -0.4 is 10.6 Å². The van der Waals surface area contributed by atoms with Crippen molar-refractivity contribution in [3.63, 3.8) is 0 Å². The van der Waals surface area contributed by atoms with Crippen LogP contribution in [0.5, 0.6) is 0 Å². The van der Waals surface area contributed by atoms with Crippen molar-refractivity contribution < 1.29 is 9.90 Å². The van der Waals surface area contributed by atoms with E-state index in [0.717, 1.165) is 28.1 Å². The fourth-order valence-corrected chi connectivity index (χ4v) is 2.53. The number of fused-ring (bicyclic) bond motifs is 1. The molecule has 23 heavy (non-hydrogen) atoms. The van der Waals surface area contributed by atoms with E-state index in [1.54, 1.807) is 12.3 Å². The molecule has 116 valence electrons. The van der Waals surface area contributed by atoms with Gasteiger partial charge in [-0.2, -0.15) is 0 Å². The number of nitrogens with one attached hydrogen (secondary N) is 2. The molecular weight excluding hydrogens is 288 g/mol. The number of amides is 1. The molecule has 1 amide bonds. The normalized spacial score (nSPS) is 14.5. The fraction of sp³-hybridized carbons (Fsp3) is 0.105. The van der Waals surface area contributed by atoms with E-state index in [-0.39, 0.29) is 12.5 Å². The average Bonchev–Trinajstić information content (AvgIpc) is 2.89. The molecule has 1 aliphatic rings. The van der Waals surface area contributed by atoms with E-state index in [9.17, 15) is 4.79 Å². The first kappa shape index (κ1) is 15.1. The fourth-order valence-electron chi connectivity index (χ4n) is 2.53. The minimum Gasteiger partial charge on any atom is -0.396 e. The van der Waals surface area contributed by atoms with Crippen molar-refractivity contribution in [3.8, 4) is 0 Å². The Labute approximate surface area is 135 Å². The van der Waals surface area contributed by atoms with Gasteiger partial charge in [-0.1, -0.05) is 36.9 Å². The predicted molar refractivity (Wildman–Crippen MR) is 94.0 cm³/mol. The van der Waals surface area contributed by atoms with Crippen molar-refractivity contribution in [3.05, 3.63) is 71.9 Å². The summed E-state index contributed by atoms with van der Waals surface area (Å²) in [6.07, 6.45) is 4.11. The smallest absolute Gasteiger partial charge is 0.257 e. The number of aliphatic hydroxyl groups excluding tert-OH is 1. The number of aliphatic hydroxyl groups is 1. The second-order valence-corrected chi connectivity index (χ2v) is 5.34. The quantitative estimate of drug-likeness (QED) is 0.743. The lowest BCUT2D eigenvalue weighted by molar-refractivity contribution is -0.110. The minimum atomic E-state index is -0.120. The maximum absolute atomic E-state index is 12.1. The molecule has 0 saturated carbocycles. The molecule has 4 heteroatoms. The summed E-state index contributed by atoms with van der Waals surface area (Å²) in [5, 5.41) is 14.9. The van der Waals surface area contributed by atoms with Gasteiger partial charge in [-0.15, -0.1) is 0 Å². The number of rotatable bonds is 5.